The number of nitrogens with two attached hydrogens (primary N) is 1. The van der Waals surface area contributed by atoms with E-state index >= 15 is 0 Å². The molecule has 0 saturated carbocycles. The second kappa shape index (κ2) is 10.7. The first-order valence-electron chi connectivity index (χ1n) is 9.00. The quantitative estimate of drug-likeness (QED) is 0.373. The molecule has 0 radical (unpaired) electrons. The minimum absolute atomic E-state index is 0.900. The third-order valence-electron chi connectivity index (χ3n) is 4.50. The Morgan fingerprint density at radius 1 is 0.714 bits per heavy atom. The summed E-state index contributed by atoms with van der Waals surface area (Å²) >= 11 is 0. The van der Waals surface area contributed by atoms with E-state index in [0.29, 0.717) is 0 Å². The Balaban J connectivity index is 2.07. The molecule has 0 fully saturated rings. The van der Waals surface area contributed by atoms with E-state index in [2.05, 4.69) is 32.9 Å². The molecule has 0 aliphatic rings. The highest BCUT2D eigenvalue weighted by molar-refractivity contribution is 5.48. The van der Waals surface area contributed by atoms with Gasteiger partial charge in [0.15, 0.2) is 0 Å². The first kappa shape index (κ1) is 18.1. The fourth-order valence-corrected chi connectivity index (χ4v) is 3.21. The maximum atomic E-state index is 5.88. The van der Waals surface area contributed by atoms with Crippen LogP contribution in [0.2, 0.25) is 0 Å². The van der Waals surface area contributed by atoms with Gasteiger partial charge in [-0.3, -0.25) is 0 Å². The average Bonchev–Trinajstić information content (AvgIpc) is 2.43. The van der Waals surface area contributed by atoms with Crippen LogP contribution in [0.5, 0.6) is 0 Å². The lowest BCUT2D eigenvalue weighted by Gasteiger charge is -2.11. The zero-order valence-electron chi connectivity index (χ0n) is 14.5. The number of hydrogen-bond acceptors (Lipinski definition) is 1. The van der Waals surface area contributed by atoms with Crippen LogP contribution in [0.3, 0.4) is 0 Å². The molecule has 0 aliphatic carbocycles. The van der Waals surface area contributed by atoms with Gasteiger partial charge >= 0.3 is 0 Å². The Labute approximate surface area is 132 Å². The lowest BCUT2D eigenvalue weighted by atomic mass is 9.96. The van der Waals surface area contributed by atoms with Gasteiger partial charge in [0.2, 0.25) is 0 Å². The molecule has 21 heavy (non-hydrogen) atoms. The Bertz CT molecular complexity index is 372. The number of unbranched alkanes of at least 4 members (excludes halogenated alkanes) is 9. The summed E-state index contributed by atoms with van der Waals surface area (Å²) in [4.78, 5) is 0. The monoisotopic (exact) mass is 289 g/mol. The first-order valence-corrected chi connectivity index (χ1v) is 9.00. The largest absolute Gasteiger partial charge is 0.399 e. The van der Waals surface area contributed by atoms with E-state index in [1.54, 1.807) is 0 Å². The molecule has 120 valence electrons. The summed E-state index contributed by atoms with van der Waals surface area (Å²) in [5, 5.41) is 0. The molecule has 1 aromatic rings. The van der Waals surface area contributed by atoms with Gasteiger partial charge in [0.1, 0.15) is 0 Å². The molecule has 0 saturated heterocycles. The first-order chi connectivity index (χ1) is 10.1. The van der Waals surface area contributed by atoms with Crippen molar-refractivity contribution < 1.29 is 0 Å². The molecule has 0 spiro atoms. The fraction of sp³-hybridized carbons (Fsp3) is 0.700. The van der Waals surface area contributed by atoms with Crippen molar-refractivity contribution in [2.24, 2.45) is 0 Å². The number of benzene rings is 1. The summed E-state index contributed by atoms with van der Waals surface area (Å²) < 4.78 is 0. The lowest BCUT2D eigenvalue weighted by molar-refractivity contribution is 0.556. The Morgan fingerprint density at radius 3 is 1.62 bits per heavy atom. The second-order valence-electron chi connectivity index (χ2n) is 6.57. The van der Waals surface area contributed by atoms with Crippen LogP contribution in [0.1, 0.15) is 87.8 Å². The molecule has 0 aromatic heterocycles. The van der Waals surface area contributed by atoms with Gasteiger partial charge in [-0.05, 0) is 55.5 Å². The predicted molar refractivity (Wildman–Crippen MR) is 95.9 cm³/mol. The van der Waals surface area contributed by atoms with Crippen LogP contribution >= 0.6 is 0 Å². The van der Waals surface area contributed by atoms with Crippen LogP contribution in [0, 0.1) is 13.8 Å². The van der Waals surface area contributed by atoms with Crippen LogP contribution in [0.25, 0.3) is 0 Å². The number of hydrogen-bond donors (Lipinski definition) is 1. The maximum absolute atomic E-state index is 5.88. The summed E-state index contributed by atoms with van der Waals surface area (Å²) in [6.45, 7) is 6.66. The number of nitrogen functional groups attached to an aromatic ring is 1. The highest BCUT2D eigenvalue weighted by Crippen LogP contribution is 2.21. The van der Waals surface area contributed by atoms with Gasteiger partial charge in [0.25, 0.3) is 0 Å². The predicted octanol–water partition coefficient (Wildman–Crippen LogP) is 6.35. The second-order valence-corrected chi connectivity index (χ2v) is 6.57. The van der Waals surface area contributed by atoms with Gasteiger partial charge in [-0.2, -0.15) is 0 Å². The van der Waals surface area contributed by atoms with Crippen LogP contribution < -0.4 is 5.73 Å². The molecule has 1 nitrogen and oxygen atoms in total. The lowest BCUT2D eigenvalue weighted by Crippen LogP contribution is -1.97. The van der Waals surface area contributed by atoms with Crippen molar-refractivity contribution in [3.8, 4) is 0 Å². The molecule has 0 aliphatic heterocycles. The zero-order valence-corrected chi connectivity index (χ0v) is 14.5. The SMILES string of the molecule is CCCCCCCCCCCCc1c(C)cc(N)cc1C. The van der Waals surface area contributed by atoms with E-state index in [1.165, 1.54) is 87.3 Å². The minimum atomic E-state index is 0.900. The number of aryl methyl sites for hydroxylation is 2. The smallest absolute Gasteiger partial charge is 0.0319 e. The van der Waals surface area contributed by atoms with Crippen molar-refractivity contribution in [1.29, 1.82) is 0 Å². The van der Waals surface area contributed by atoms with Crippen molar-refractivity contribution in [2.45, 2.75) is 91.4 Å². The van der Waals surface area contributed by atoms with E-state index in [0.717, 1.165) is 5.69 Å². The van der Waals surface area contributed by atoms with Crippen LogP contribution in [-0.4, -0.2) is 0 Å². The highest BCUT2D eigenvalue weighted by Gasteiger charge is 2.03. The Morgan fingerprint density at radius 2 is 1.14 bits per heavy atom. The van der Waals surface area contributed by atoms with Crippen molar-refractivity contribution in [3.63, 3.8) is 0 Å². The van der Waals surface area contributed by atoms with Gasteiger partial charge in [0.05, 0.1) is 0 Å². The molecule has 0 amide bonds. The van der Waals surface area contributed by atoms with Gasteiger partial charge < -0.3 is 5.73 Å². The topological polar surface area (TPSA) is 26.0 Å². The summed E-state index contributed by atoms with van der Waals surface area (Å²) in [5.41, 5.74) is 11.0. The molecule has 0 heterocycles. The minimum Gasteiger partial charge on any atom is -0.399 e. The molecule has 0 unspecified atom stereocenters. The summed E-state index contributed by atoms with van der Waals surface area (Å²) in [5.74, 6) is 0. The average molecular weight is 290 g/mol. The van der Waals surface area contributed by atoms with Gasteiger partial charge in [0, 0.05) is 5.69 Å². The normalized spacial score (nSPS) is 11.0. The van der Waals surface area contributed by atoms with Crippen LogP contribution in [0.4, 0.5) is 5.69 Å². The summed E-state index contributed by atoms with van der Waals surface area (Å²) in [7, 11) is 0. The van der Waals surface area contributed by atoms with Gasteiger partial charge in [-0.1, -0.05) is 64.7 Å². The Hall–Kier alpha value is -0.980. The number of anilines is 1. The third kappa shape index (κ3) is 7.55. The summed E-state index contributed by atoms with van der Waals surface area (Å²) in [6.07, 6.45) is 15.3. The van der Waals surface area contributed by atoms with E-state index in [1.807, 2.05) is 0 Å². The fourth-order valence-electron chi connectivity index (χ4n) is 3.21. The van der Waals surface area contributed by atoms with E-state index < -0.39 is 0 Å². The highest BCUT2D eigenvalue weighted by atomic mass is 14.5. The van der Waals surface area contributed by atoms with Crippen molar-refractivity contribution in [2.75, 3.05) is 5.73 Å². The standard InChI is InChI=1S/C20H35N/c1-4-5-6-7-8-9-10-11-12-13-14-20-17(2)15-19(21)16-18(20)3/h15-16H,4-14,21H2,1-3H3. The molecular formula is C20H35N. The van der Waals surface area contributed by atoms with Crippen molar-refractivity contribution in [1.82, 2.24) is 0 Å². The van der Waals surface area contributed by atoms with E-state index in [-0.39, 0.29) is 0 Å². The molecule has 1 aromatic carbocycles. The zero-order chi connectivity index (χ0) is 15.5. The maximum Gasteiger partial charge on any atom is 0.0319 e. The molecule has 1 rings (SSSR count). The van der Waals surface area contributed by atoms with E-state index in [9.17, 15) is 0 Å². The van der Waals surface area contributed by atoms with Crippen molar-refractivity contribution in [3.05, 3.63) is 28.8 Å². The third-order valence-corrected chi connectivity index (χ3v) is 4.50. The molecular weight excluding hydrogens is 254 g/mol. The van der Waals surface area contributed by atoms with Crippen molar-refractivity contribution >= 4 is 5.69 Å². The molecule has 2 N–H and O–H groups in total. The molecule has 0 bridgehead atoms. The van der Waals surface area contributed by atoms with Crippen LogP contribution in [-0.2, 0) is 6.42 Å². The van der Waals surface area contributed by atoms with Gasteiger partial charge in [-0.15, -0.1) is 0 Å². The van der Waals surface area contributed by atoms with Crippen LogP contribution in [0.15, 0.2) is 12.1 Å². The van der Waals surface area contributed by atoms with Gasteiger partial charge in [-0.25, -0.2) is 0 Å². The molecule has 0 atom stereocenters. The summed E-state index contributed by atoms with van der Waals surface area (Å²) in [6, 6.07) is 4.22. The Kier molecular flexibility index (Phi) is 9.21. The van der Waals surface area contributed by atoms with E-state index in [4.69, 9.17) is 5.73 Å². The number of rotatable bonds is 11. The molecule has 1 heteroatoms.